The Morgan fingerprint density at radius 1 is 1.26 bits per heavy atom. The van der Waals surface area contributed by atoms with E-state index in [4.69, 9.17) is 11.1 Å². The summed E-state index contributed by atoms with van der Waals surface area (Å²) in [6.45, 7) is 2.63. The van der Waals surface area contributed by atoms with Gasteiger partial charge in [0, 0.05) is 31.0 Å². The number of rotatable bonds is 8. The average Bonchev–Trinajstić information content (AvgIpc) is 2.39. The minimum Gasteiger partial charge on any atom is -0.388 e. The van der Waals surface area contributed by atoms with Crippen LogP contribution in [-0.4, -0.2) is 38.8 Å². The molecule has 1 aromatic rings. The molecule has 1 rings (SSSR count). The Hall–Kier alpha value is -1.56. The van der Waals surface area contributed by atoms with Gasteiger partial charge in [-0.15, -0.1) is 0 Å². The van der Waals surface area contributed by atoms with E-state index in [0.29, 0.717) is 19.5 Å². The van der Waals surface area contributed by atoms with Crippen LogP contribution < -0.4 is 10.6 Å². The number of anilines is 1. The number of sulfone groups is 1. The summed E-state index contributed by atoms with van der Waals surface area (Å²) < 4.78 is 23.2. The van der Waals surface area contributed by atoms with Gasteiger partial charge in [-0.2, -0.15) is 0 Å². The number of hydrogen-bond donors (Lipinski definition) is 2. The molecule has 0 unspecified atom stereocenters. The van der Waals surface area contributed by atoms with Crippen LogP contribution in [0.3, 0.4) is 0 Å². The fraction of sp³-hybridized carbons (Fsp3) is 0.462. The zero-order chi connectivity index (χ0) is 14.3. The van der Waals surface area contributed by atoms with Gasteiger partial charge in [-0.05, 0) is 12.1 Å². The van der Waals surface area contributed by atoms with Crippen molar-refractivity contribution in [2.24, 2.45) is 5.73 Å². The van der Waals surface area contributed by atoms with E-state index in [2.05, 4.69) is 0 Å². The maximum absolute atomic E-state index is 11.6. The van der Waals surface area contributed by atoms with E-state index >= 15 is 0 Å². The molecule has 0 atom stereocenters. The summed E-state index contributed by atoms with van der Waals surface area (Å²) in [4.78, 5) is 1.95. The average molecular weight is 283 g/mol. The van der Waals surface area contributed by atoms with Crippen LogP contribution in [0.4, 0.5) is 5.69 Å². The van der Waals surface area contributed by atoms with Crippen LogP contribution in [-0.2, 0) is 9.84 Å². The lowest BCUT2D eigenvalue weighted by atomic mass is 10.2. The number of nitrogens with one attached hydrogen (secondary N) is 1. The smallest absolute Gasteiger partial charge is 0.151 e. The highest BCUT2D eigenvalue weighted by atomic mass is 32.2. The second-order valence-electron chi connectivity index (χ2n) is 4.33. The monoisotopic (exact) mass is 283 g/mol. The molecule has 19 heavy (non-hydrogen) atoms. The van der Waals surface area contributed by atoms with Crippen molar-refractivity contribution in [3.63, 3.8) is 0 Å². The molecule has 0 bridgehead atoms. The Bertz CT molecular complexity index is 500. The van der Waals surface area contributed by atoms with Gasteiger partial charge in [0.15, 0.2) is 9.84 Å². The zero-order valence-electron chi connectivity index (χ0n) is 11.2. The van der Waals surface area contributed by atoms with Crippen molar-refractivity contribution in [2.45, 2.75) is 13.3 Å². The van der Waals surface area contributed by atoms with Crippen LogP contribution in [0.1, 0.15) is 13.3 Å². The molecule has 0 aliphatic carbocycles. The van der Waals surface area contributed by atoms with Crippen LogP contribution in [0, 0.1) is 5.41 Å². The summed E-state index contributed by atoms with van der Waals surface area (Å²) in [5, 5.41) is 7.27. The van der Waals surface area contributed by atoms with Gasteiger partial charge in [0.05, 0.1) is 11.6 Å². The molecular weight excluding hydrogens is 262 g/mol. The summed E-state index contributed by atoms with van der Waals surface area (Å²) in [6.07, 6.45) is 0.432. The van der Waals surface area contributed by atoms with E-state index in [0.717, 1.165) is 5.69 Å². The van der Waals surface area contributed by atoms with Crippen LogP contribution >= 0.6 is 0 Å². The summed E-state index contributed by atoms with van der Waals surface area (Å²) in [5.41, 5.74) is 6.32. The fourth-order valence-corrected chi connectivity index (χ4v) is 2.45. The second-order valence-corrected chi connectivity index (χ2v) is 6.81. The molecule has 3 N–H and O–H groups in total. The van der Waals surface area contributed by atoms with E-state index in [9.17, 15) is 8.42 Å². The Kier molecular flexibility index (Phi) is 5.82. The third-order valence-corrected chi connectivity index (χ3v) is 4.57. The molecule has 5 nitrogen and oxygen atoms in total. The minimum absolute atomic E-state index is 0.110. The Labute approximate surface area is 114 Å². The van der Waals surface area contributed by atoms with Crippen molar-refractivity contribution in [1.82, 2.24) is 0 Å². The number of amidine groups is 1. The maximum atomic E-state index is 11.6. The summed E-state index contributed by atoms with van der Waals surface area (Å²) >= 11 is 0. The Balaban J connectivity index is 2.73. The van der Waals surface area contributed by atoms with Gasteiger partial charge in [0.2, 0.25) is 0 Å². The molecule has 0 spiro atoms. The lowest BCUT2D eigenvalue weighted by Gasteiger charge is -2.24. The third kappa shape index (κ3) is 5.74. The lowest BCUT2D eigenvalue weighted by molar-refractivity contribution is 0.595. The molecule has 6 heteroatoms. The number of hydrogen-bond acceptors (Lipinski definition) is 4. The molecule has 0 radical (unpaired) electrons. The van der Waals surface area contributed by atoms with E-state index in [1.54, 1.807) is 6.92 Å². The first-order chi connectivity index (χ1) is 8.94. The molecule has 0 aliphatic heterocycles. The molecule has 0 heterocycles. The first kappa shape index (κ1) is 15.5. The Morgan fingerprint density at radius 3 is 2.42 bits per heavy atom. The number of nitrogens with two attached hydrogens (primary N) is 1. The predicted molar refractivity (Wildman–Crippen MR) is 79.5 cm³/mol. The first-order valence-corrected chi connectivity index (χ1v) is 8.10. The van der Waals surface area contributed by atoms with Crippen molar-refractivity contribution >= 4 is 21.4 Å². The van der Waals surface area contributed by atoms with Crippen LogP contribution in [0.5, 0.6) is 0 Å². The van der Waals surface area contributed by atoms with Crippen molar-refractivity contribution in [1.29, 1.82) is 5.41 Å². The maximum Gasteiger partial charge on any atom is 0.151 e. The molecule has 0 aliphatic rings. The lowest BCUT2D eigenvalue weighted by Crippen LogP contribution is -2.32. The molecule has 0 fully saturated rings. The van der Waals surface area contributed by atoms with E-state index in [1.165, 1.54) is 0 Å². The van der Waals surface area contributed by atoms with Gasteiger partial charge < -0.3 is 10.6 Å². The van der Waals surface area contributed by atoms with Crippen molar-refractivity contribution in [3.05, 3.63) is 30.3 Å². The summed E-state index contributed by atoms with van der Waals surface area (Å²) in [6, 6.07) is 9.59. The fourth-order valence-electron chi connectivity index (χ4n) is 1.66. The highest BCUT2D eigenvalue weighted by Crippen LogP contribution is 2.13. The Morgan fingerprint density at radius 2 is 1.89 bits per heavy atom. The molecule has 0 saturated carbocycles. The van der Waals surface area contributed by atoms with E-state index < -0.39 is 9.84 Å². The van der Waals surface area contributed by atoms with Gasteiger partial charge in [-0.3, -0.25) is 5.41 Å². The molecule has 0 saturated heterocycles. The largest absolute Gasteiger partial charge is 0.388 e. The highest BCUT2D eigenvalue weighted by Gasteiger charge is 2.12. The van der Waals surface area contributed by atoms with E-state index in [-0.39, 0.29) is 17.3 Å². The molecule has 0 aromatic heterocycles. The third-order valence-electron chi connectivity index (χ3n) is 2.88. The predicted octanol–water partition coefficient (Wildman–Crippen LogP) is 1.25. The summed E-state index contributed by atoms with van der Waals surface area (Å²) in [5.74, 6) is 0.387. The van der Waals surface area contributed by atoms with Gasteiger partial charge in [0.25, 0.3) is 0 Å². The van der Waals surface area contributed by atoms with Gasteiger partial charge in [-0.25, -0.2) is 8.42 Å². The van der Waals surface area contributed by atoms with Gasteiger partial charge >= 0.3 is 0 Å². The van der Waals surface area contributed by atoms with E-state index in [1.807, 2.05) is 35.2 Å². The van der Waals surface area contributed by atoms with Crippen molar-refractivity contribution < 1.29 is 8.42 Å². The number of nitrogens with zero attached hydrogens (tertiary/aromatic N) is 1. The SMILES string of the molecule is CCS(=O)(=O)CCN(CCC(=N)N)c1ccccc1. The van der Waals surface area contributed by atoms with Gasteiger partial charge in [-0.1, -0.05) is 25.1 Å². The zero-order valence-corrected chi connectivity index (χ0v) is 12.0. The van der Waals surface area contributed by atoms with Crippen LogP contribution in [0.25, 0.3) is 0 Å². The normalized spacial score (nSPS) is 11.2. The first-order valence-electron chi connectivity index (χ1n) is 6.28. The van der Waals surface area contributed by atoms with Crippen LogP contribution in [0.15, 0.2) is 30.3 Å². The van der Waals surface area contributed by atoms with Gasteiger partial charge in [0.1, 0.15) is 0 Å². The van der Waals surface area contributed by atoms with Crippen molar-refractivity contribution in [3.8, 4) is 0 Å². The molecular formula is C13H21N3O2S. The highest BCUT2D eigenvalue weighted by molar-refractivity contribution is 7.91. The minimum atomic E-state index is -2.99. The topological polar surface area (TPSA) is 87.2 Å². The molecule has 0 amide bonds. The number of para-hydroxylation sites is 1. The quantitative estimate of drug-likeness (QED) is 0.555. The van der Waals surface area contributed by atoms with Crippen LogP contribution in [0.2, 0.25) is 0 Å². The second kappa shape index (κ2) is 7.13. The molecule has 1 aromatic carbocycles. The summed E-state index contributed by atoms with van der Waals surface area (Å²) in [7, 11) is -2.99. The van der Waals surface area contributed by atoms with Crippen molar-refractivity contribution in [2.75, 3.05) is 29.5 Å². The number of benzene rings is 1. The molecule has 106 valence electrons. The standard InChI is InChI=1S/C13H21N3O2S/c1-2-19(17,18)11-10-16(9-8-13(14)15)12-6-4-3-5-7-12/h3-7H,2,8-11H2,1H3,(H3,14,15).